The van der Waals surface area contributed by atoms with Gasteiger partial charge >= 0.3 is 0 Å². The summed E-state index contributed by atoms with van der Waals surface area (Å²) in [5.41, 5.74) is 9.82. The number of amides is 1. The number of hydrogen-bond donors (Lipinski definition) is 2. The molecular weight excluding hydrogens is 434 g/mol. The van der Waals surface area contributed by atoms with E-state index >= 15 is 0 Å². The van der Waals surface area contributed by atoms with Gasteiger partial charge in [-0.2, -0.15) is 0 Å². The van der Waals surface area contributed by atoms with Crippen LogP contribution in [0.4, 0.5) is 0 Å². The van der Waals surface area contributed by atoms with Crippen molar-refractivity contribution >= 4 is 5.91 Å². The molecular formula is C30H35N3O2. The van der Waals surface area contributed by atoms with Gasteiger partial charge in [-0.1, -0.05) is 36.8 Å². The maximum absolute atomic E-state index is 12.6. The van der Waals surface area contributed by atoms with Crippen LogP contribution in [0.15, 0.2) is 72.9 Å². The largest absolute Gasteiger partial charge is 0.487 e. The lowest BCUT2D eigenvalue weighted by molar-refractivity contribution is 0.0946. The number of pyridine rings is 1. The molecule has 2 aromatic carbocycles. The van der Waals surface area contributed by atoms with Crippen molar-refractivity contribution in [2.75, 3.05) is 6.54 Å². The molecule has 1 aromatic heterocycles. The predicted molar refractivity (Wildman–Crippen MR) is 138 cm³/mol. The number of aromatic nitrogens is 1. The predicted octanol–water partition coefficient (Wildman–Crippen LogP) is 5.23. The van der Waals surface area contributed by atoms with Gasteiger partial charge < -0.3 is 15.8 Å². The lowest BCUT2D eigenvalue weighted by Gasteiger charge is -2.39. The van der Waals surface area contributed by atoms with Gasteiger partial charge in [-0.25, -0.2) is 0 Å². The highest BCUT2D eigenvalue weighted by molar-refractivity contribution is 5.94. The summed E-state index contributed by atoms with van der Waals surface area (Å²) in [6.07, 6.45) is 6.82. The van der Waals surface area contributed by atoms with Gasteiger partial charge in [-0.15, -0.1) is 0 Å². The quantitative estimate of drug-likeness (QED) is 0.473. The van der Waals surface area contributed by atoms with Crippen LogP contribution in [0.1, 0.15) is 66.7 Å². The van der Waals surface area contributed by atoms with Gasteiger partial charge in [0.25, 0.3) is 5.91 Å². The molecule has 0 unspecified atom stereocenters. The topological polar surface area (TPSA) is 77.2 Å². The second kappa shape index (κ2) is 9.46. The molecule has 5 rings (SSSR count). The average Bonchev–Trinajstić information content (AvgIpc) is 3.49. The number of nitrogens with zero attached hydrogens (tertiary/aromatic N) is 1. The molecule has 1 heterocycles. The summed E-state index contributed by atoms with van der Waals surface area (Å²) < 4.78 is 5.98. The Labute approximate surface area is 208 Å². The Morgan fingerprint density at radius 1 is 1.06 bits per heavy atom. The van der Waals surface area contributed by atoms with Crippen LogP contribution < -0.4 is 15.8 Å². The fourth-order valence-corrected chi connectivity index (χ4v) is 6.02. The number of rotatable bonds is 8. The van der Waals surface area contributed by atoms with Gasteiger partial charge in [-0.3, -0.25) is 9.78 Å². The molecule has 5 heteroatoms. The summed E-state index contributed by atoms with van der Waals surface area (Å²) in [6, 6.07) is 22.7. The van der Waals surface area contributed by atoms with Crippen molar-refractivity contribution in [2.45, 2.75) is 57.1 Å². The molecule has 182 valence electrons. The summed E-state index contributed by atoms with van der Waals surface area (Å²) in [7, 11) is 0. The van der Waals surface area contributed by atoms with Crippen LogP contribution in [0.25, 0.3) is 0 Å². The van der Waals surface area contributed by atoms with Crippen LogP contribution in [0.2, 0.25) is 0 Å². The Hall–Kier alpha value is -3.18. The first-order valence-electron chi connectivity index (χ1n) is 12.6. The van der Waals surface area contributed by atoms with E-state index in [4.69, 9.17) is 10.5 Å². The number of nitrogens with two attached hydrogens (primary N) is 1. The summed E-state index contributed by atoms with van der Waals surface area (Å²) in [5, 5.41) is 2.94. The number of carbonyl (C=O) groups excluding carboxylic acids is 1. The van der Waals surface area contributed by atoms with Crippen LogP contribution in [-0.4, -0.2) is 23.0 Å². The second-order valence-corrected chi connectivity index (χ2v) is 10.9. The van der Waals surface area contributed by atoms with Crippen molar-refractivity contribution in [1.29, 1.82) is 0 Å². The highest BCUT2D eigenvalue weighted by atomic mass is 16.5. The molecule has 2 saturated carbocycles. The van der Waals surface area contributed by atoms with E-state index in [1.54, 1.807) is 6.20 Å². The number of benzene rings is 2. The molecule has 5 nitrogen and oxygen atoms in total. The minimum absolute atomic E-state index is 0.00329. The van der Waals surface area contributed by atoms with Gasteiger partial charge in [0.05, 0.1) is 5.69 Å². The maximum Gasteiger partial charge on any atom is 0.251 e. The normalized spacial score (nSPS) is 23.3. The summed E-state index contributed by atoms with van der Waals surface area (Å²) >= 11 is 0. The van der Waals surface area contributed by atoms with Crippen molar-refractivity contribution in [3.05, 3.63) is 95.3 Å². The first-order valence-corrected chi connectivity index (χ1v) is 12.6. The van der Waals surface area contributed by atoms with Crippen molar-refractivity contribution in [2.24, 2.45) is 17.6 Å². The van der Waals surface area contributed by atoms with Crippen molar-refractivity contribution in [3.8, 4) is 5.75 Å². The summed E-state index contributed by atoms with van der Waals surface area (Å²) in [4.78, 5) is 17.0. The van der Waals surface area contributed by atoms with Gasteiger partial charge in [0.1, 0.15) is 12.4 Å². The SMILES string of the molecule is CC(C)(N)CNC(=O)c1ccc([C@@]2(c3ccc(OCc4ccccn4)cc3)C[C@@H]3CC[C@H]2C3)cc1. The molecule has 2 bridgehead atoms. The molecule has 3 aromatic rings. The van der Waals surface area contributed by atoms with Crippen molar-refractivity contribution in [1.82, 2.24) is 10.3 Å². The van der Waals surface area contributed by atoms with E-state index in [2.05, 4.69) is 46.7 Å². The Morgan fingerprint density at radius 2 is 1.77 bits per heavy atom. The first-order chi connectivity index (χ1) is 16.8. The Kier molecular flexibility index (Phi) is 6.37. The van der Waals surface area contributed by atoms with Gasteiger partial charge in [0, 0.05) is 29.3 Å². The van der Waals surface area contributed by atoms with Crippen LogP contribution >= 0.6 is 0 Å². The van der Waals surface area contributed by atoms with E-state index in [0.29, 0.717) is 24.6 Å². The lowest BCUT2D eigenvalue weighted by Crippen LogP contribution is -2.45. The first kappa shape index (κ1) is 23.6. The zero-order valence-corrected chi connectivity index (χ0v) is 20.7. The number of ether oxygens (including phenoxy) is 1. The molecule has 0 aliphatic heterocycles. The van der Waals surface area contributed by atoms with E-state index in [1.807, 2.05) is 44.2 Å². The lowest BCUT2D eigenvalue weighted by atomic mass is 9.64. The highest BCUT2D eigenvalue weighted by Crippen LogP contribution is 2.60. The van der Waals surface area contributed by atoms with E-state index in [-0.39, 0.29) is 11.3 Å². The number of nitrogens with one attached hydrogen (secondary N) is 1. The molecule has 1 amide bonds. The molecule has 0 saturated heterocycles. The third kappa shape index (κ3) is 4.96. The van der Waals surface area contributed by atoms with Crippen molar-refractivity contribution < 1.29 is 9.53 Å². The molecule has 0 radical (unpaired) electrons. The zero-order chi connectivity index (χ0) is 24.5. The van der Waals surface area contributed by atoms with Crippen LogP contribution in [-0.2, 0) is 12.0 Å². The third-order valence-corrected chi connectivity index (χ3v) is 7.70. The fraction of sp³-hybridized carbons (Fsp3) is 0.400. The van der Waals surface area contributed by atoms with E-state index in [0.717, 1.165) is 17.4 Å². The summed E-state index contributed by atoms with van der Waals surface area (Å²) in [6.45, 7) is 4.71. The monoisotopic (exact) mass is 469 g/mol. The molecule has 35 heavy (non-hydrogen) atoms. The smallest absolute Gasteiger partial charge is 0.251 e. The van der Waals surface area contributed by atoms with Gasteiger partial charge in [-0.05, 0) is 92.5 Å². The number of hydrogen-bond acceptors (Lipinski definition) is 4. The Balaban J connectivity index is 1.36. The highest BCUT2D eigenvalue weighted by Gasteiger charge is 2.52. The standard InChI is InChI=1S/C30H35N3O2/c1-29(2,31)20-33-28(34)22-7-10-23(11-8-22)30(18-21-6-9-25(30)17-21)24-12-14-27(15-13-24)35-19-26-5-3-4-16-32-26/h3-5,7-8,10-16,21,25H,6,9,17-20,31H2,1-2H3,(H,33,34)/t21-,25+,30-/m1/s1. The number of fused-ring (bicyclic) bond motifs is 2. The molecule has 2 aliphatic rings. The van der Waals surface area contributed by atoms with Crippen LogP contribution in [0, 0.1) is 11.8 Å². The molecule has 3 atom stereocenters. The van der Waals surface area contributed by atoms with Crippen molar-refractivity contribution in [3.63, 3.8) is 0 Å². The third-order valence-electron chi connectivity index (χ3n) is 7.70. The van der Waals surface area contributed by atoms with Crippen LogP contribution in [0.5, 0.6) is 5.75 Å². The molecule has 3 N–H and O–H groups in total. The zero-order valence-electron chi connectivity index (χ0n) is 20.7. The van der Waals surface area contributed by atoms with Gasteiger partial charge in [0.15, 0.2) is 0 Å². The molecule has 2 aliphatic carbocycles. The maximum atomic E-state index is 12.6. The van der Waals surface area contributed by atoms with E-state index in [1.165, 1.54) is 36.8 Å². The Morgan fingerprint density at radius 3 is 2.34 bits per heavy atom. The Bertz CT molecular complexity index is 1150. The molecule has 0 spiro atoms. The average molecular weight is 470 g/mol. The van der Waals surface area contributed by atoms with E-state index in [9.17, 15) is 4.79 Å². The number of carbonyl (C=O) groups is 1. The summed E-state index contributed by atoms with van der Waals surface area (Å²) in [5.74, 6) is 2.18. The van der Waals surface area contributed by atoms with E-state index < -0.39 is 5.54 Å². The van der Waals surface area contributed by atoms with Crippen LogP contribution in [0.3, 0.4) is 0 Å². The fourth-order valence-electron chi connectivity index (χ4n) is 6.02. The van der Waals surface area contributed by atoms with Gasteiger partial charge in [0.2, 0.25) is 0 Å². The second-order valence-electron chi connectivity index (χ2n) is 10.9. The minimum atomic E-state index is -0.434. The minimum Gasteiger partial charge on any atom is -0.487 e. The molecule has 2 fully saturated rings.